The zero-order valence-corrected chi connectivity index (χ0v) is 23.7. The maximum atomic E-state index is 12.7. The van der Waals surface area contributed by atoms with Gasteiger partial charge in [0.15, 0.2) is 0 Å². The molecular formula is C34H42N2O4. The molecule has 5 rings (SSSR count). The number of likely N-dealkylation sites (tertiary alicyclic amines) is 2. The molecule has 0 spiro atoms. The maximum absolute atomic E-state index is 12.7. The van der Waals surface area contributed by atoms with Crippen molar-refractivity contribution in [1.29, 1.82) is 0 Å². The number of carbonyl (C=O) groups is 1. The Kier molecular flexibility index (Phi) is 9.01. The number of rotatable bonds is 8. The van der Waals surface area contributed by atoms with Gasteiger partial charge in [-0.3, -0.25) is 9.80 Å². The number of nitrogens with zero attached hydrogens (tertiary/aromatic N) is 2. The third-order valence-electron chi connectivity index (χ3n) is 8.92. The predicted molar refractivity (Wildman–Crippen MR) is 157 cm³/mol. The van der Waals surface area contributed by atoms with Gasteiger partial charge in [-0.15, -0.1) is 0 Å². The lowest BCUT2D eigenvalue weighted by Gasteiger charge is -2.42. The van der Waals surface area contributed by atoms with Crippen molar-refractivity contribution in [3.8, 4) is 5.75 Å². The average Bonchev–Trinajstić information content (AvgIpc) is 2.99. The molecule has 0 aliphatic carbocycles. The smallest absolute Gasteiger partial charge is 0.343 e. The van der Waals surface area contributed by atoms with Crippen molar-refractivity contribution >= 4 is 5.97 Å². The minimum absolute atomic E-state index is 0.111. The second kappa shape index (κ2) is 12.6. The molecule has 2 heterocycles. The van der Waals surface area contributed by atoms with E-state index in [1.165, 1.54) is 24.8 Å². The van der Waals surface area contributed by atoms with Gasteiger partial charge in [0.2, 0.25) is 0 Å². The normalized spacial score (nSPS) is 21.4. The summed E-state index contributed by atoms with van der Waals surface area (Å²) < 4.78 is 5.61. The molecule has 212 valence electrons. The van der Waals surface area contributed by atoms with Crippen LogP contribution in [0.4, 0.5) is 0 Å². The van der Waals surface area contributed by atoms with Gasteiger partial charge in [-0.1, -0.05) is 61.0 Å². The molecule has 1 unspecified atom stereocenters. The highest BCUT2D eigenvalue weighted by Gasteiger charge is 2.36. The molecule has 3 aromatic carbocycles. The molecule has 3 aromatic rings. The second-order valence-corrected chi connectivity index (χ2v) is 11.6. The van der Waals surface area contributed by atoms with Crippen molar-refractivity contribution < 1.29 is 19.7 Å². The van der Waals surface area contributed by atoms with Gasteiger partial charge in [-0.2, -0.15) is 0 Å². The lowest BCUT2D eigenvalue weighted by Crippen LogP contribution is -2.47. The molecule has 0 bridgehead atoms. The zero-order valence-electron chi connectivity index (χ0n) is 23.7. The highest BCUT2D eigenvalue weighted by atomic mass is 16.5. The molecule has 2 N–H and O–H groups in total. The average molecular weight is 543 g/mol. The van der Waals surface area contributed by atoms with E-state index >= 15 is 0 Å². The number of aliphatic hydroxyl groups excluding tert-OH is 1. The number of aliphatic hydroxyl groups is 2. The number of benzene rings is 3. The van der Waals surface area contributed by atoms with Crippen LogP contribution in [0.5, 0.6) is 5.75 Å². The standard InChI is InChI=1S/C34H42N2O4/c1-25-8-6-7-21-36(25)24-27-11-13-29(14-12-27)33(38)40-31-17-15-28(16-18-31)32(37)26(2)35-22-19-34(39,20-23-35)30-9-4-3-5-10-30/h3-5,9-18,25-26,32,37,39H,6-8,19-24H2,1-2H3/t25?,26-,32-/m1/s1. The fraction of sp³-hybridized carbons (Fsp3) is 0.441. The number of hydrogen-bond donors (Lipinski definition) is 2. The van der Waals surface area contributed by atoms with Crippen LogP contribution in [0.25, 0.3) is 0 Å². The number of esters is 1. The van der Waals surface area contributed by atoms with Crippen LogP contribution in [0.15, 0.2) is 78.9 Å². The lowest BCUT2D eigenvalue weighted by atomic mass is 9.83. The third kappa shape index (κ3) is 6.64. The summed E-state index contributed by atoms with van der Waals surface area (Å²) in [5.41, 5.74) is 2.63. The summed E-state index contributed by atoms with van der Waals surface area (Å²) in [5.74, 6) is 0.0597. The van der Waals surface area contributed by atoms with Crippen LogP contribution in [-0.4, -0.2) is 57.7 Å². The Balaban J connectivity index is 1.13. The molecule has 6 heteroatoms. The summed E-state index contributed by atoms with van der Waals surface area (Å²) in [4.78, 5) is 17.5. The Morgan fingerprint density at radius 3 is 2.27 bits per heavy atom. The van der Waals surface area contributed by atoms with Crippen molar-refractivity contribution in [2.75, 3.05) is 19.6 Å². The van der Waals surface area contributed by atoms with Crippen LogP contribution in [0.1, 0.15) is 79.1 Å². The van der Waals surface area contributed by atoms with E-state index in [0.717, 1.165) is 24.2 Å². The lowest BCUT2D eigenvalue weighted by molar-refractivity contribution is -0.0501. The van der Waals surface area contributed by atoms with Crippen LogP contribution in [-0.2, 0) is 12.1 Å². The maximum Gasteiger partial charge on any atom is 0.343 e. The quantitative estimate of drug-likeness (QED) is 0.282. The van der Waals surface area contributed by atoms with Gasteiger partial charge >= 0.3 is 5.97 Å². The van der Waals surface area contributed by atoms with Gasteiger partial charge in [-0.25, -0.2) is 4.79 Å². The van der Waals surface area contributed by atoms with Crippen LogP contribution in [0.2, 0.25) is 0 Å². The van der Waals surface area contributed by atoms with E-state index in [2.05, 4.69) is 16.7 Å². The van der Waals surface area contributed by atoms with Crippen molar-refractivity contribution in [3.05, 3.63) is 101 Å². The highest BCUT2D eigenvalue weighted by Crippen LogP contribution is 2.35. The minimum atomic E-state index is -0.819. The van der Waals surface area contributed by atoms with E-state index < -0.39 is 17.7 Å². The van der Waals surface area contributed by atoms with E-state index in [0.29, 0.717) is 43.3 Å². The molecule has 2 aliphatic heterocycles. The Bertz CT molecular complexity index is 1240. The molecule has 0 aromatic heterocycles. The van der Waals surface area contributed by atoms with Gasteiger partial charge in [-0.05, 0) is 87.0 Å². The van der Waals surface area contributed by atoms with E-state index in [1.54, 1.807) is 12.1 Å². The van der Waals surface area contributed by atoms with Crippen molar-refractivity contribution in [2.24, 2.45) is 0 Å². The van der Waals surface area contributed by atoms with E-state index in [1.807, 2.05) is 73.7 Å². The summed E-state index contributed by atoms with van der Waals surface area (Å²) in [5, 5.41) is 22.2. The molecule has 3 atom stereocenters. The van der Waals surface area contributed by atoms with Crippen molar-refractivity contribution in [1.82, 2.24) is 9.80 Å². The number of piperidine rings is 2. The zero-order chi connectivity index (χ0) is 28.1. The topological polar surface area (TPSA) is 73.2 Å². The second-order valence-electron chi connectivity index (χ2n) is 11.6. The van der Waals surface area contributed by atoms with E-state index in [9.17, 15) is 15.0 Å². The Labute approximate surface area is 238 Å². The van der Waals surface area contributed by atoms with Crippen LogP contribution < -0.4 is 4.74 Å². The molecule has 2 aliphatic rings. The van der Waals surface area contributed by atoms with Crippen molar-refractivity contribution in [3.63, 3.8) is 0 Å². The van der Waals surface area contributed by atoms with Crippen LogP contribution >= 0.6 is 0 Å². The number of ether oxygens (including phenoxy) is 1. The first-order valence-electron chi connectivity index (χ1n) is 14.7. The Morgan fingerprint density at radius 1 is 0.950 bits per heavy atom. The summed E-state index contributed by atoms with van der Waals surface area (Å²) in [6, 6.07) is 25.1. The minimum Gasteiger partial charge on any atom is -0.423 e. The summed E-state index contributed by atoms with van der Waals surface area (Å²) in [6.45, 7) is 7.75. The SMILES string of the molecule is CC1CCCCN1Cc1ccc(C(=O)Oc2ccc([C@H](O)[C@@H](C)N3CCC(O)(c4ccccc4)CC3)cc2)cc1. The first kappa shape index (κ1) is 28.5. The predicted octanol–water partition coefficient (Wildman–Crippen LogP) is 5.69. The first-order chi connectivity index (χ1) is 19.3. The fourth-order valence-electron chi connectivity index (χ4n) is 6.09. The monoisotopic (exact) mass is 542 g/mol. The molecule has 0 saturated carbocycles. The van der Waals surface area contributed by atoms with Gasteiger partial charge in [0.1, 0.15) is 5.75 Å². The molecular weight excluding hydrogens is 500 g/mol. The van der Waals surface area contributed by atoms with Gasteiger partial charge in [0, 0.05) is 31.7 Å². The Hall–Kier alpha value is -3.03. The fourth-order valence-corrected chi connectivity index (χ4v) is 6.09. The van der Waals surface area contributed by atoms with Crippen LogP contribution in [0.3, 0.4) is 0 Å². The number of hydrogen-bond acceptors (Lipinski definition) is 6. The molecule has 0 radical (unpaired) electrons. The molecule has 2 fully saturated rings. The third-order valence-corrected chi connectivity index (χ3v) is 8.92. The summed E-state index contributed by atoms with van der Waals surface area (Å²) >= 11 is 0. The van der Waals surface area contributed by atoms with Gasteiger partial charge < -0.3 is 14.9 Å². The van der Waals surface area contributed by atoms with E-state index in [-0.39, 0.29) is 6.04 Å². The van der Waals surface area contributed by atoms with Gasteiger partial charge in [0.05, 0.1) is 17.3 Å². The summed E-state index contributed by atoms with van der Waals surface area (Å²) in [7, 11) is 0. The molecule has 2 saturated heterocycles. The molecule has 0 amide bonds. The van der Waals surface area contributed by atoms with E-state index in [4.69, 9.17) is 4.74 Å². The first-order valence-corrected chi connectivity index (χ1v) is 14.7. The van der Waals surface area contributed by atoms with Crippen LogP contribution in [0, 0.1) is 0 Å². The highest BCUT2D eigenvalue weighted by molar-refractivity contribution is 5.91. The molecule has 40 heavy (non-hydrogen) atoms. The molecule has 6 nitrogen and oxygen atoms in total. The summed E-state index contributed by atoms with van der Waals surface area (Å²) in [6.07, 6.45) is 4.36. The largest absolute Gasteiger partial charge is 0.423 e. The number of carbonyl (C=O) groups excluding carboxylic acids is 1. The Morgan fingerprint density at radius 2 is 1.62 bits per heavy atom. The van der Waals surface area contributed by atoms with Gasteiger partial charge in [0.25, 0.3) is 0 Å². The van der Waals surface area contributed by atoms with Crippen molar-refractivity contribution in [2.45, 2.75) is 76.3 Å².